The quantitative estimate of drug-likeness (QED) is 0.772. The van der Waals surface area contributed by atoms with E-state index in [9.17, 15) is 4.79 Å². The van der Waals surface area contributed by atoms with E-state index in [2.05, 4.69) is 6.07 Å². The third-order valence-corrected chi connectivity index (χ3v) is 4.45. The molecule has 0 N–H and O–H groups in total. The van der Waals surface area contributed by atoms with Crippen LogP contribution in [0.1, 0.15) is 23.3 Å². The van der Waals surface area contributed by atoms with Gasteiger partial charge in [-0.15, -0.1) is 0 Å². The maximum absolute atomic E-state index is 12.3. The maximum atomic E-state index is 12.3. The summed E-state index contributed by atoms with van der Waals surface area (Å²) in [5, 5.41) is 10.3. The standard InChI is InChI=1S/C18H14Cl2N2O2/c19-14-6-4-12(5-7-14)17-18(13-2-1-3-15(20)10-13)24-11-16(23)22(17)9-8-21/h1-7,10,17-18H,9,11H2. The first-order valence-electron chi connectivity index (χ1n) is 7.39. The molecule has 0 bridgehead atoms. The van der Waals surface area contributed by atoms with Gasteiger partial charge in [-0.25, -0.2) is 0 Å². The van der Waals surface area contributed by atoms with Gasteiger partial charge in [0, 0.05) is 10.0 Å². The van der Waals surface area contributed by atoms with Crippen LogP contribution < -0.4 is 0 Å². The first-order chi connectivity index (χ1) is 11.6. The third-order valence-electron chi connectivity index (χ3n) is 3.96. The van der Waals surface area contributed by atoms with Crippen molar-refractivity contribution in [3.8, 4) is 6.07 Å². The monoisotopic (exact) mass is 360 g/mol. The van der Waals surface area contributed by atoms with Crippen LogP contribution in [0.2, 0.25) is 10.0 Å². The van der Waals surface area contributed by atoms with Crippen LogP contribution in [0.5, 0.6) is 0 Å². The fraction of sp³-hybridized carbons (Fsp3) is 0.222. The van der Waals surface area contributed by atoms with Gasteiger partial charge >= 0.3 is 0 Å². The van der Waals surface area contributed by atoms with E-state index >= 15 is 0 Å². The number of nitriles is 1. The predicted molar refractivity (Wildman–Crippen MR) is 91.7 cm³/mol. The Morgan fingerprint density at radius 3 is 2.54 bits per heavy atom. The summed E-state index contributed by atoms with van der Waals surface area (Å²) < 4.78 is 5.81. The highest BCUT2D eigenvalue weighted by molar-refractivity contribution is 6.30. The molecule has 1 fully saturated rings. The summed E-state index contributed by atoms with van der Waals surface area (Å²) in [7, 11) is 0. The molecule has 2 aromatic carbocycles. The second-order valence-electron chi connectivity index (χ2n) is 5.46. The molecule has 1 aliphatic heterocycles. The van der Waals surface area contributed by atoms with E-state index in [1.165, 1.54) is 4.90 Å². The molecule has 122 valence electrons. The van der Waals surface area contributed by atoms with E-state index < -0.39 is 12.1 Å². The normalized spacial score (nSPS) is 20.7. The summed E-state index contributed by atoms with van der Waals surface area (Å²) in [4.78, 5) is 13.8. The zero-order chi connectivity index (χ0) is 17.1. The van der Waals surface area contributed by atoms with Gasteiger partial charge in [-0.1, -0.05) is 47.5 Å². The molecule has 1 saturated heterocycles. The second kappa shape index (κ2) is 7.23. The Bertz CT molecular complexity index is 786. The predicted octanol–water partition coefficient (Wildman–Crippen LogP) is 4.16. The summed E-state index contributed by atoms with van der Waals surface area (Å²) in [6, 6.07) is 16.2. The molecule has 6 heteroatoms. The number of hydrogen-bond donors (Lipinski definition) is 0. The van der Waals surface area contributed by atoms with E-state index in [-0.39, 0.29) is 19.1 Å². The second-order valence-corrected chi connectivity index (χ2v) is 6.34. The van der Waals surface area contributed by atoms with Gasteiger partial charge in [0.25, 0.3) is 0 Å². The maximum Gasteiger partial charge on any atom is 0.250 e. The first kappa shape index (κ1) is 16.8. The lowest BCUT2D eigenvalue weighted by molar-refractivity contribution is -0.157. The van der Waals surface area contributed by atoms with E-state index in [1.807, 2.05) is 30.3 Å². The van der Waals surface area contributed by atoms with Gasteiger partial charge < -0.3 is 9.64 Å². The van der Waals surface area contributed by atoms with E-state index in [1.54, 1.807) is 18.2 Å². The number of morpholine rings is 1. The van der Waals surface area contributed by atoms with Crippen LogP contribution in [0.3, 0.4) is 0 Å². The van der Waals surface area contributed by atoms with Crippen LogP contribution in [0, 0.1) is 11.3 Å². The summed E-state index contributed by atoms with van der Waals surface area (Å²) in [6.07, 6.45) is -0.407. The number of carbonyl (C=O) groups is 1. The van der Waals surface area contributed by atoms with Crippen molar-refractivity contribution in [1.82, 2.24) is 4.90 Å². The lowest BCUT2D eigenvalue weighted by Gasteiger charge is -2.40. The summed E-state index contributed by atoms with van der Waals surface area (Å²) >= 11 is 12.1. The topological polar surface area (TPSA) is 53.3 Å². The van der Waals surface area contributed by atoms with Gasteiger partial charge in [-0.05, 0) is 35.4 Å². The SMILES string of the molecule is N#CCN1C(=O)COC(c2cccc(Cl)c2)C1c1ccc(Cl)cc1. The Kier molecular flexibility index (Phi) is 5.06. The molecule has 4 nitrogen and oxygen atoms in total. The van der Waals surface area contributed by atoms with Crippen LogP contribution in [0.4, 0.5) is 0 Å². The fourth-order valence-electron chi connectivity index (χ4n) is 2.89. The number of halogens is 2. The minimum atomic E-state index is -0.415. The van der Waals surface area contributed by atoms with Gasteiger partial charge in [-0.2, -0.15) is 5.26 Å². The van der Waals surface area contributed by atoms with Crippen LogP contribution in [0.15, 0.2) is 48.5 Å². The van der Waals surface area contributed by atoms with Crippen LogP contribution >= 0.6 is 23.2 Å². The molecule has 0 aliphatic carbocycles. The number of hydrogen-bond acceptors (Lipinski definition) is 3. The average molecular weight is 361 g/mol. The van der Waals surface area contributed by atoms with E-state index in [0.717, 1.165) is 11.1 Å². The van der Waals surface area contributed by atoms with Crippen LogP contribution in [-0.2, 0) is 9.53 Å². The van der Waals surface area contributed by atoms with Gasteiger partial charge in [0.1, 0.15) is 19.3 Å². The zero-order valence-electron chi connectivity index (χ0n) is 12.7. The van der Waals surface area contributed by atoms with Gasteiger partial charge in [0.05, 0.1) is 12.1 Å². The zero-order valence-corrected chi connectivity index (χ0v) is 14.2. The lowest BCUT2D eigenvalue weighted by atomic mass is 9.93. The molecule has 0 radical (unpaired) electrons. The Hall–Kier alpha value is -2.06. The summed E-state index contributed by atoms with van der Waals surface area (Å²) in [5.41, 5.74) is 1.71. The molecular formula is C18H14Cl2N2O2. The highest BCUT2D eigenvalue weighted by atomic mass is 35.5. The molecule has 0 saturated carbocycles. The Morgan fingerprint density at radius 1 is 1.12 bits per heavy atom. The van der Waals surface area contributed by atoms with Crippen molar-refractivity contribution in [1.29, 1.82) is 5.26 Å². The molecule has 0 aromatic heterocycles. The molecule has 1 aliphatic rings. The lowest BCUT2D eigenvalue weighted by Crippen LogP contribution is -2.45. The van der Waals surface area contributed by atoms with Crippen LogP contribution in [-0.4, -0.2) is 24.0 Å². The Morgan fingerprint density at radius 2 is 1.88 bits per heavy atom. The highest BCUT2D eigenvalue weighted by Crippen LogP contribution is 2.40. The average Bonchev–Trinajstić information content (AvgIpc) is 2.57. The number of amides is 1. The fourth-order valence-corrected chi connectivity index (χ4v) is 3.22. The largest absolute Gasteiger partial charge is 0.361 e. The van der Waals surface area contributed by atoms with Crippen molar-refractivity contribution in [2.75, 3.05) is 13.2 Å². The molecule has 1 heterocycles. The number of ether oxygens (including phenoxy) is 1. The van der Waals surface area contributed by atoms with E-state index in [0.29, 0.717) is 10.0 Å². The number of nitrogens with zero attached hydrogens (tertiary/aromatic N) is 2. The molecular weight excluding hydrogens is 347 g/mol. The molecule has 2 unspecified atom stereocenters. The molecule has 3 rings (SSSR count). The molecule has 1 amide bonds. The van der Waals surface area contributed by atoms with E-state index in [4.69, 9.17) is 33.2 Å². The van der Waals surface area contributed by atoms with Gasteiger partial charge in [0.2, 0.25) is 5.91 Å². The minimum absolute atomic E-state index is 0.00739. The van der Waals surface area contributed by atoms with Crippen molar-refractivity contribution >= 4 is 29.1 Å². The van der Waals surface area contributed by atoms with Gasteiger partial charge in [-0.3, -0.25) is 4.79 Å². The van der Waals surface area contributed by atoms with Crippen molar-refractivity contribution < 1.29 is 9.53 Å². The molecule has 2 atom stereocenters. The Labute approximate surface area is 150 Å². The first-order valence-corrected chi connectivity index (χ1v) is 8.14. The minimum Gasteiger partial charge on any atom is -0.361 e. The van der Waals surface area contributed by atoms with Crippen molar-refractivity contribution in [3.63, 3.8) is 0 Å². The van der Waals surface area contributed by atoms with Gasteiger partial charge in [0.15, 0.2) is 0 Å². The van der Waals surface area contributed by atoms with Crippen LogP contribution in [0.25, 0.3) is 0 Å². The number of rotatable bonds is 3. The molecule has 0 spiro atoms. The Balaban J connectivity index is 2.06. The summed E-state index contributed by atoms with van der Waals surface area (Å²) in [5.74, 6) is -0.213. The number of benzene rings is 2. The molecule has 2 aromatic rings. The number of carbonyl (C=O) groups excluding carboxylic acids is 1. The third kappa shape index (κ3) is 3.39. The van der Waals surface area contributed by atoms with Crippen molar-refractivity contribution in [3.05, 3.63) is 69.7 Å². The molecule has 24 heavy (non-hydrogen) atoms. The highest BCUT2D eigenvalue weighted by Gasteiger charge is 2.38. The summed E-state index contributed by atoms with van der Waals surface area (Å²) in [6.45, 7) is -0.0739. The van der Waals surface area contributed by atoms with Crippen molar-refractivity contribution in [2.45, 2.75) is 12.1 Å². The smallest absolute Gasteiger partial charge is 0.250 e. The van der Waals surface area contributed by atoms with Crippen molar-refractivity contribution in [2.24, 2.45) is 0 Å².